The number of benzene rings is 2. The molecule has 3 aromatic rings. The number of aryl methyl sites for hydroxylation is 2. The molecule has 1 atom stereocenters. The first kappa shape index (κ1) is 18.9. The fourth-order valence-corrected chi connectivity index (χ4v) is 3.62. The average molecular weight is 387 g/mol. The molecule has 0 bridgehead atoms. The second kappa shape index (κ2) is 8.69. The van der Waals surface area contributed by atoms with Gasteiger partial charge in [-0.25, -0.2) is 9.37 Å². The van der Waals surface area contributed by atoms with Crippen LogP contribution >= 0.6 is 0 Å². The molecule has 1 aromatic heterocycles. The number of halogens is 1. The van der Waals surface area contributed by atoms with Crippen LogP contribution in [0.5, 0.6) is 0 Å². The zero-order valence-corrected chi connectivity index (χ0v) is 15.9. The van der Waals surface area contributed by atoms with Crippen molar-refractivity contribution >= 4 is 23.9 Å². The van der Waals surface area contributed by atoms with Crippen molar-refractivity contribution in [1.82, 2.24) is 10.3 Å². The Morgan fingerprint density at radius 3 is 2.62 bits per heavy atom. The van der Waals surface area contributed by atoms with E-state index < -0.39 is 6.04 Å². The summed E-state index contributed by atoms with van der Waals surface area (Å²) in [5.41, 5.74) is 4.99. The second-order valence-corrected chi connectivity index (χ2v) is 7.04. The molecule has 0 saturated heterocycles. The van der Waals surface area contributed by atoms with Gasteiger partial charge in [-0.1, -0.05) is 30.3 Å². The van der Waals surface area contributed by atoms with Gasteiger partial charge in [-0.05, 0) is 72.5 Å². The van der Waals surface area contributed by atoms with E-state index in [-0.39, 0.29) is 5.82 Å². The van der Waals surface area contributed by atoms with Crippen molar-refractivity contribution in [3.63, 3.8) is 0 Å². The molecule has 29 heavy (non-hydrogen) atoms. The number of hydrogen-bond acceptors (Lipinski definition) is 4. The lowest BCUT2D eigenvalue weighted by molar-refractivity contribution is -0.109. The summed E-state index contributed by atoms with van der Waals surface area (Å²) in [5.74, 6) is 0.307. The Balaban J connectivity index is 1.60. The van der Waals surface area contributed by atoms with Gasteiger partial charge in [-0.2, -0.15) is 0 Å². The summed E-state index contributed by atoms with van der Waals surface area (Å²) >= 11 is 0. The first-order valence-corrected chi connectivity index (χ1v) is 9.71. The molecule has 2 aromatic carbocycles. The van der Waals surface area contributed by atoms with Gasteiger partial charge in [0.1, 0.15) is 24.0 Å². The highest BCUT2D eigenvalue weighted by molar-refractivity contribution is 5.78. The van der Waals surface area contributed by atoms with Crippen LogP contribution in [-0.4, -0.2) is 11.3 Å². The molecule has 0 radical (unpaired) electrons. The molecule has 1 unspecified atom stereocenters. The normalized spacial score (nSPS) is 14.7. The Morgan fingerprint density at radius 1 is 1.07 bits per heavy atom. The predicted molar refractivity (Wildman–Crippen MR) is 113 cm³/mol. The van der Waals surface area contributed by atoms with E-state index in [2.05, 4.69) is 39.9 Å². The van der Waals surface area contributed by atoms with Crippen LogP contribution in [0.4, 0.5) is 15.9 Å². The summed E-state index contributed by atoms with van der Waals surface area (Å²) in [4.78, 5) is 16.3. The SMILES string of the molecule is O=CC1NC=Cc2c(CCCc3ccccc3)cnc(Nc3ccc(F)cc3)c21. The van der Waals surface area contributed by atoms with Crippen molar-refractivity contribution in [2.75, 3.05) is 5.32 Å². The van der Waals surface area contributed by atoms with Gasteiger partial charge in [-0.3, -0.25) is 0 Å². The minimum Gasteiger partial charge on any atom is -0.378 e. The zero-order chi connectivity index (χ0) is 20.1. The lowest BCUT2D eigenvalue weighted by Gasteiger charge is -2.24. The highest BCUT2D eigenvalue weighted by Gasteiger charge is 2.23. The maximum atomic E-state index is 13.2. The first-order chi connectivity index (χ1) is 14.2. The summed E-state index contributed by atoms with van der Waals surface area (Å²) in [6, 6.07) is 16.0. The number of carbonyl (C=O) groups is 1. The van der Waals surface area contributed by atoms with Crippen molar-refractivity contribution in [2.24, 2.45) is 0 Å². The van der Waals surface area contributed by atoms with Gasteiger partial charge in [0, 0.05) is 17.4 Å². The van der Waals surface area contributed by atoms with Gasteiger partial charge in [0.25, 0.3) is 0 Å². The molecule has 1 aliphatic rings. The topological polar surface area (TPSA) is 54.0 Å². The highest BCUT2D eigenvalue weighted by Crippen LogP contribution is 2.33. The molecule has 0 amide bonds. The van der Waals surface area contributed by atoms with E-state index in [0.29, 0.717) is 5.82 Å². The standard InChI is InChI=1S/C24H22FN3O/c25-19-9-11-20(12-10-19)28-24-23-21(13-14-26-22(23)16-29)18(15-27-24)8-4-7-17-5-2-1-3-6-17/h1-3,5-6,9-16,22,26H,4,7-8H2,(H,27,28). The molecule has 5 heteroatoms. The van der Waals surface area contributed by atoms with E-state index in [1.807, 2.05) is 24.5 Å². The first-order valence-electron chi connectivity index (χ1n) is 9.71. The van der Waals surface area contributed by atoms with Crippen LogP contribution in [0.1, 0.15) is 34.7 Å². The lowest BCUT2D eigenvalue weighted by atomic mass is 9.92. The second-order valence-electron chi connectivity index (χ2n) is 7.04. The fourth-order valence-electron chi connectivity index (χ4n) is 3.62. The van der Waals surface area contributed by atoms with Gasteiger partial charge in [-0.15, -0.1) is 0 Å². The third-order valence-corrected chi connectivity index (χ3v) is 5.07. The zero-order valence-electron chi connectivity index (χ0n) is 15.9. The van der Waals surface area contributed by atoms with Crippen LogP contribution < -0.4 is 10.6 Å². The molecule has 0 aliphatic carbocycles. The van der Waals surface area contributed by atoms with Crippen molar-refractivity contribution in [1.29, 1.82) is 0 Å². The van der Waals surface area contributed by atoms with Crippen LogP contribution in [0.25, 0.3) is 6.08 Å². The van der Waals surface area contributed by atoms with Crippen molar-refractivity contribution < 1.29 is 9.18 Å². The Morgan fingerprint density at radius 2 is 1.86 bits per heavy atom. The van der Waals surface area contributed by atoms with Crippen molar-refractivity contribution in [3.8, 4) is 0 Å². The van der Waals surface area contributed by atoms with Gasteiger partial charge < -0.3 is 15.4 Å². The van der Waals surface area contributed by atoms with Crippen LogP contribution in [-0.2, 0) is 17.6 Å². The molecule has 146 valence electrons. The third-order valence-electron chi connectivity index (χ3n) is 5.07. The van der Waals surface area contributed by atoms with E-state index in [9.17, 15) is 9.18 Å². The predicted octanol–water partition coefficient (Wildman–Crippen LogP) is 4.95. The van der Waals surface area contributed by atoms with E-state index >= 15 is 0 Å². The molecule has 0 saturated carbocycles. The Hall–Kier alpha value is -3.47. The summed E-state index contributed by atoms with van der Waals surface area (Å²) < 4.78 is 13.2. The summed E-state index contributed by atoms with van der Waals surface area (Å²) in [6.45, 7) is 0. The number of fused-ring (bicyclic) bond motifs is 1. The van der Waals surface area contributed by atoms with E-state index in [1.165, 1.54) is 17.7 Å². The molecular weight excluding hydrogens is 365 g/mol. The van der Waals surface area contributed by atoms with E-state index in [0.717, 1.165) is 47.9 Å². The van der Waals surface area contributed by atoms with Gasteiger partial charge >= 0.3 is 0 Å². The molecule has 2 heterocycles. The lowest BCUT2D eigenvalue weighted by Crippen LogP contribution is -2.23. The monoisotopic (exact) mass is 387 g/mol. The van der Waals surface area contributed by atoms with Gasteiger partial charge in [0.15, 0.2) is 0 Å². The minimum absolute atomic E-state index is 0.297. The molecule has 0 spiro atoms. The summed E-state index contributed by atoms with van der Waals surface area (Å²) in [7, 11) is 0. The minimum atomic E-state index is -0.473. The number of nitrogens with zero attached hydrogens (tertiary/aromatic N) is 1. The molecule has 0 fully saturated rings. The molecule has 4 nitrogen and oxygen atoms in total. The largest absolute Gasteiger partial charge is 0.378 e. The van der Waals surface area contributed by atoms with E-state index in [1.54, 1.807) is 12.1 Å². The number of nitrogens with one attached hydrogen (secondary N) is 2. The highest BCUT2D eigenvalue weighted by atomic mass is 19.1. The number of rotatable bonds is 7. The number of hydrogen-bond donors (Lipinski definition) is 2. The Kier molecular flexibility index (Phi) is 5.66. The maximum absolute atomic E-state index is 13.2. The van der Waals surface area contributed by atoms with Gasteiger partial charge in [0.05, 0.1) is 0 Å². The fraction of sp³-hybridized carbons (Fsp3) is 0.167. The number of aldehydes is 1. The number of pyridine rings is 1. The average Bonchev–Trinajstić information content (AvgIpc) is 2.77. The Labute approximate surface area is 169 Å². The Bertz CT molecular complexity index is 1020. The molecule has 4 rings (SSSR count). The summed E-state index contributed by atoms with van der Waals surface area (Å²) in [6.07, 6.45) is 9.41. The van der Waals surface area contributed by atoms with Crippen LogP contribution in [0.3, 0.4) is 0 Å². The third kappa shape index (κ3) is 4.35. The van der Waals surface area contributed by atoms with E-state index in [4.69, 9.17) is 0 Å². The quantitative estimate of drug-likeness (QED) is 0.563. The summed E-state index contributed by atoms with van der Waals surface area (Å²) in [5, 5.41) is 6.30. The van der Waals surface area contributed by atoms with Crippen molar-refractivity contribution in [3.05, 3.63) is 95.1 Å². The molecular formula is C24H22FN3O. The number of anilines is 2. The molecule has 1 aliphatic heterocycles. The number of aromatic nitrogens is 1. The van der Waals surface area contributed by atoms with Crippen molar-refractivity contribution in [2.45, 2.75) is 25.3 Å². The number of carbonyl (C=O) groups excluding carboxylic acids is 1. The van der Waals surface area contributed by atoms with Crippen LogP contribution in [0.15, 0.2) is 67.0 Å². The van der Waals surface area contributed by atoms with Crippen LogP contribution in [0, 0.1) is 5.82 Å². The molecule has 2 N–H and O–H groups in total. The van der Waals surface area contributed by atoms with Crippen LogP contribution in [0.2, 0.25) is 0 Å². The smallest absolute Gasteiger partial charge is 0.146 e. The van der Waals surface area contributed by atoms with Gasteiger partial charge in [0.2, 0.25) is 0 Å². The maximum Gasteiger partial charge on any atom is 0.146 e.